The Morgan fingerprint density at radius 2 is 1.96 bits per heavy atom. The van der Waals surface area contributed by atoms with Crippen molar-refractivity contribution in [2.75, 3.05) is 5.32 Å². The van der Waals surface area contributed by atoms with Gasteiger partial charge in [0.1, 0.15) is 0 Å². The van der Waals surface area contributed by atoms with Crippen molar-refractivity contribution in [3.8, 4) is 11.8 Å². The van der Waals surface area contributed by atoms with E-state index in [4.69, 9.17) is 0 Å². The minimum absolute atomic E-state index is 0.185. The molecule has 0 spiro atoms. The van der Waals surface area contributed by atoms with Crippen LogP contribution in [-0.2, 0) is 11.8 Å². The highest BCUT2D eigenvalue weighted by atomic mass is 16.1. The summed E-state index contributed by atoms with van der Waals surface area (Å²) < 4.78 is 1.78. The minimum atomic E-state index is -0.371. The van der Waals surface area contributed by atoms with Crippen molar-refractivity contribution in [3.63, 3.8) is 0 Å². The first-order valence-electron chi connectivity index (χ1n) is 8.06. The van der Waals surface area contributed by atoms with Gasteiger partial charge in [0, 0.05) is 12.7 Å². The highest BCUT2D eigenvalue weighted by molar-refractivity contribution is 6.06. The van der Waals surface area contributed by atoms with E-state index in [9.17, 15) is 9.59 Å². The molecular formula is C21H17N3O2. The third-order valence-corrected chi connectivity index (χ3v) is 3.82. The molecule has 5 heteroatoms. The zero-order valence-corrected chi connectivity index (χ0v) is 14.5. The zero-order valence-electron chi connectivity index (χ0n) is 14.5. The number of hydrogen-bond donors (Lipinski definition) is 1. The Labute approximate surface area is 151 Å². The predicted molar refractivity (Wildman–Crippen MR) is 103 cm³/mol. The molecule has 0 radical (unpaired) electrons. The van der Waals surface area contributed by atoms with Crippen LogP contribution in [0.25, 0.3) is 17.1 Å². The van der Waals surface area contributed by atoms with Gasteiger partial charge in [-0.05, 0) is 48.7 Å². The molecule has 1 N–H and O–H groups in total. The Morgan fingerprint density at radius 3 is 2.73 bits per heavy atom. The minimum Gasteiger partial charge on any atom is -0.324 e. The SMILES string of the molecule is CC#CC(=O)Nc1cccc(/C=C/C(=O)c2nc3ccccc3n2C)c1. The quantitative estimate of drug-likeness (QED) is 0.448. The summed E-state index contributed by atoms with van der Waals surface area (Å²) in [6.45, 7) is 1.60. The van der Waals surface area contributed by atoms with Gasteiger partial charge in [0.05, 0.1) is 11.0 Å². The summed E-state index contributed by atoms with van der Waals surface area (Å²) in [5.74, 6) is 4.79. The van der Waals surface area contributed by atoms with Crippen LogP contribution in [0.15, 0.2) is 54.6 Å². The Kier molecular flexibility index (Phi) is 4.95. The van der Waals surface area contributed by atoms with Gasteiger partial charge in [0.25, 0.3) is 5.91 Å². The lowest BCUT2D eigenvalue weighted by Gasteiger charge is -2.02. The summed E-state index contributed by atoms with van der Waals surface area (Å²) in [5, 5.41) is 2.68. The molecule has 0 aliphatic carbocycles. The Morgan fingerprint density at radius 1 is 1.15 bits per heavy atom. The fraction of sp³-hybridized carbons (Fsp3) is 0.0952. The largest absolute Gasteiger partial charge is 0.324 e. The van der Waals surface area contributed by atoms with Crippen LogP contribution in [0.3, 0.4) is 0 Å². The number of amides is 1. The number of imidazole rings is 1. The molecule has 1 aromatic heterocycles. The fourth-order valence-corrected chi connectivity index (χ4v) is 2.61. The number of benzene rings is 2. The smallest absolute Gasteiger partial charge is 0.300 e. The Bertz CT molecular complexity index is 1080. The monoisotopic (exact) mass is 343 g/mol. The van der Waals surface area contributed by atoms with Gasteiger partial charge < -0.3 is 9.88 Å². The molecule has 3 aromatic rings. The van der Waals surface area contributed by atoms with Crippen molar-refractivity contribution >= 4 is 34.5 Å². The van der Waals surface area contributed by atoms with E-state index in [0.29, 0.717) is 11.5 Å². The number of aryl methyl sites for hydroxylation is 1. The van der Waals surface area contributed by atoms with Crippen LogP contribution >= 0.6 is 0 Å². The molecule has 0 saturated heterocycles. The summed E-state index contributed by atoms with van der Waals surface area (Å²) in [5.41, 5.74) is 3.11. The summed E-state index contributed by atoms with van der Waals surface area (Å²) in [7, 11) is 1.82. The molecule has 1 heterocycles. The molecule has 5 nitrogen and oxygen atoms in total. The maximum absolute atomic E-state index is 12.5. The van der Waals surface area contributed by atoms with Crippen LogP contribution in [0.2, 0.25) is 0 Å². The Balaban J connectivity index is 1.80. The van der Waals surface area contributed by atoms with Gasteiger partial charge in [-0.1, -0.05) is 36.3 Å². The summed E-state index contributed by atoms with van der Waals surface area (Å²) in [4.78, 5) is 28.4. The number of carbonyl (C=O) groups is 2. The van der Waals surface area contributed by atoms with Crippen molar-refractivity contribution in [3.05, 3.63) is 66.0 Å². The molecular weight excluding hydrogens is 326 g/mol. The number of aromatic nitrogens is 2. The van der Waals surface area contributed by atoms with Crippen LogP contribution in [-0.4, -0.2) is 21.2 Å². The van der Waals surface area contributed by atoms with Gasteiger partial charge in [-0.15, -0.1) is 0 Å². The molecule has 0 unspecified atom stereocenters. The van der Waals surface area contributed by atoms with Crippen LogP contribution in [0.1, 0.15) is 23.1 Å². The first-order valence-corrected chi connectivity index (χ1v) is 8.06. The molecule has 0 fully saturated rings. The molecule has 128 valence electrons. The highest BCUT2D eigenvalue weighted by Crippen LogP contribution is 2.16. The molecule has 1 amide bonds. The molecule has 0 aliphatic heterocycles. The molecule has 26 heavy (non-hydrogen) atoms. The number of para-hydroxylation sites is 2. The van der Waals surface area contributed by atoms with E-state index in [0.717, 1.165) is 16.6 Å². The van der Waals surface area contributed by atoms with E-state index < -0.39 is 0 Å². The Hall–Kier alpha value is -3.65. The third kappa shape index (κ3) is 3.70. The second kappa shape index (κ2) is 7.49. The summed E-state index contributed by atoms with van der Waals surface area (Å²) in [6.07, 6.45) is 3.18. The van der Waals surface area contributed by atoms with Crippen molar-refractivity contribution in [1.29, 1.82) is 0 Å². The summed E-state index contributed by atoms with van der Waals surface area (Å²) >= 11 is 0. The van der Waals surface area contributed by atoms with E-state index in [2.05, 4.69) is 22.1 Å². The number of fused-ring (bicyclic) bond motifs is 1. The van der Waals surface area contributed by atoms with E-state index >= 15 is 0 Å². The normalized spacial score (nSPS) is 10.5. The van der Waals surface area contributed by atoms with E-state index in [1.165, 1.54) is 6.08 Å². The first kappa shape index (κ1) is 17.2. The van der Waals surface area contributed by atoms with Gasteiger partial charge in [-0.2, -0.15) is 0 Å². The first-order chi connectivity index (χ1) is 12.6. The number of nitrogens with zero attached hydrogens (tertiary/aromatic N) is 2. The maximum Gasteiger partial charge on any atom is 0.300 e. The standard InChI is InChI=1S/C21H17N3O2/c1-3-7-20(26)22-16-9-6-8-15(14-16)12-13-19(25)21-23-17-10-4-5-11-18(17)24(21)2/h4-6,8-14H,1-2H3,(H,22,26)/b13-12+. The number of carbonyl (C=O) groups excluding carboxylic acids is 2. The predicted octanol–water partition coefficient (Wildman–Crippen LogP) is 3.43. The van der Waals surface area contributed by atoms with Gasteiger partial charge in [-0.25, -0.2) is 4.98 Å². The number of nitrogens with one attached hydrogen (secondary N) is 1. The lowest BCUT2D eigenvalue weighted by molar-refractivity contribution is -0.111. The van der Waals surface area contributed by atoms with Crippen molar-refractivity contribution in [2.24, 2.45) is 7.05 Å². The van der Waals surface area contributed by atoms with E-state index in [-0.39, 0.29) is 11.7 Å². The molecule has 0 saturated carbocycles. The average molecular weight is 343 g/mol. The third-order valence-electron chi connectivity index (χ3n) is 3.82. The lowest BCUT2D eigenvalue weighted by Crippen LogP contribution is -2.08. The van der Waals surface area contributed by atoms with E-state index in [1.807, 2.05) is 37.4 Å². The topological polar surface area (TPSA) is 64.0 Å². The van der Waals surface area contributed by atoms with Crippen LogP contribution in [0.4, 0.5) is 5.69 Å². The number of ketones is 1. The number of allylic oxidation sites excluding steroid dienone is 1. The van der Waals surface area contributed by atoms with Gasteiger partial charge in [0.15, 0.2) is 5.82 Å². The average Bonchev–Trinajstić information content (AvgIpc) is 2.97. The number of rotatable bonds is 4. The van der Waals surface area contributed by atoms with Crippen molar-refractivity contribution in [1.82, 2.24) is 9.55 Å². The van der Waals surface area contributed by atoms with E-state index in [1.54, 1.807) is 35.8 Å². The second-order valence-corrected chi connectivity index (χ2v) is 5.64. The zero-order chi connectivity index (χ0) is 18.5. The summed E-state index contributed by atoms with van der Waals surface area (Å²) in [6, 6.07) is 14.8. The van der Waals surface area contributed by atoms with Crippen LogP contribution < -0.4 is 5.32 Å². The second-order valence-electron chi connectivity index (χ2n) is 5.64. The molecule has 0 bridgehead atoms. The van der Waals surface area contributed by atoms with Crippen LogP contribution in [0, 0.1) is 11.8 Å². The van der Waals surface area contributed by atoms with Gasteiger partial charge >= 0.3 is 0 Å². The number of hydrogen-bond acceptors (Lipinski definition) is 3. The lowest BCUT2D eigenvalue weighted by atomic mass is 10.1. The van der Waals surface area contributed by atoms with Crippen molar-refractivity contribution < 1.29 is 9.59 Å². The van der Waals surface area contributed by atoms with Crippen molar-refractivity contribution in [2.45, 2.75) is 6.92 Å². The number of anilines is 1. The molecule has 3 rings (SSSR count). The molecule has 0 aliphatic rings. The van der Waals surface area contributed by atoms with Crippen LogP contribution in [0.5, 0.6) is 0 Å². The van der Waals surface area contributed by atoms with Gasteiger partial charge in [-0.3, -0.25) is 9.59 Å². The highest BCUT2D eigenvalue weighted by Gasteiger charge is 2.12. The van der Waals surface area contributed by atoms with Gasteiger partial charge in [0.2, 0.25) is 5.78 Å². The fourth-order valence-electron chi connectivity index (χ4n) is 2.61. The maximum atomic E-state index is 12.5. The molecule has 2 aromatic carbocycles. The molecule has 0 atom stereocenters.